The first-order valence-electron chi connectivity index (χ1n) is 21.6. The summed E-state index contributed by atoms with van der Waals surface area (Å²) in [6.45, 7) is 12.2. The maximum absolute atomic E-state index is 6.03. The minimum absolute atomic E-state index is 0.872. The lowest BCUT2D eigenvalue weighted by Gasteiger charge is -2.11. The monoisotopic (exact) mass is 824 g/mol. The van der Waals surface area contributed by atoms with Crippen LogP contribution in [0.4, 0.5) is 0 Å². The fourth-order valence-electron chi connectivity index (χ4n) is 8.29. The van der Waals surface area contributed by atoms with Crippen LogP contribution in [-0.4, -0.2) is 11.3 Å². The number of allylic oxidation sites excluding steroid dienone is 8. The van der Waals surface area contributed by atoms with Gasteiger partial charge in [-0.05, 0) is 125 Å². The highest BCUT2D eigenvalue weighted by molar-refractivity contribution is 6.10. The lowest BCUT2D eigenvalue weighted by Crippen LogP contribution is -1.96. The summed E-state index contributed by atoms with van der Waals surface area (Å²) in [5.74, 6) is 0. The molecule has 3 heteroatoms. The molecule has 2 aromatic heterocycles. The van der Waals surface area contributed by atoms with E-state index in [9.17, 15) is 0 Å². The summed E-state index contributed by atoms with van der Waals surface area (Å²) < 4.78 is 8.42. The average molecular weight is 825 g/mol. The Bertz CT molecular complexity index is 3420. The number of para-hydroxylation sites is 3. The van der Waals surface area contributed by atoms with Crippen LogP contribution in [0.3, 0.4) is 0 Å². The third-order valence-electron chi connectivity index (χ3n) is 11.6. The topological polar surface area (TPSA) is 30.4 Å². The first kappa shape index (κ1) is 41.1. The van der Waals surface area contributed by atoms with Crippen molar-refractivity contribution in [1.29, 1.82) is 0 Å². The summed E-state index contributed by atoms with van der Waals surface area (Å²) in [4.78, 5) is 3.94. The van der Waals surface area contributed by atoms with Crippen LogP contribution in [0.15, 0.2) is 247 Å². The van der Waals surface area contributed by atoms with E-state index < -0.39 is 0 Å². The molecule has 0 bridgehead atoms. The second kappa shape index (κ2) is 18.8. The first-order valence-corrected chi connectivity index (χ1v) is 21.6. The van der Waals surface area contributed by atoms with Crippen LogP contribution in [0.1, 0.15) is 22.3 Å². The Labute approximate surface area is 375 Å². The summed E-state index contributed by atoms with van der Waals surface area (Å²) in [5.41, 5.74) is 16.8. The highest BCUT2D eigenvalue weighted by Gasteiger charge is 2.15. The number of furan rings is 1. The molecule has 308 valence electrons. The normalized spacial score (nSPS) is 11.9. The maximum Gasteiger partial charge on any atom is 0.135 e. The number of nitrogens with zero attached hydrogens (tertiary/aromatic N) is 2. The molecule has 0 unspecified atom stereocenters. The molecule has 0 fully saturated rings. The van der Waals surface area contributed by atoms with Gasteiger partial charge in [0, 0.05) is 33.4 Å². The van der Waals surface area contributed by atoms with E-state index in [1.807, 2.05) is 72.8 Å². The van der Waals surface area contributed by atoms with Gasteiger partial charge >= 0.3 is 0 Å². The van der Waals surface area contributed by atoms with Crippen molar-refractivity contribution in [3.63, 3.8) is 0 Å². The quantitative estimate of drug-likeness (QED) is 0.0998. The minimum Gasteiger partial charge on any atom is -0.456 e. The Morgan fingerprint density at radius 1 is 0.500 bits per heavy atom. The van der Waals surface area contributed by atoms with Crippen LogP contribution in [-0.2, 0) is 0 Å². The zero-order chi connectivity index (χ0) is 43.8. The highest BCUT2D eigenvalue weighted by atomic mass is 16.3. The second-order valence-electron chi connectivity index (χ2n) is 15.9. The molecule has 0 aliphatic carbocycles. The number of aryl methyl sites for hydroxylation is 2. The molecule has 2 heterocycles. The van der Waals surface area contributed by atoms with Gasteiger partial charge in [-0.2, -0.15) is 0 Å². The molecule has 0 aliphatic heterocycles. The molecule has 0 saturated heterocycles. The van der Waals surface area contributed by atoms with Crippen molar-refractivity contribution in [2.45, 2.75) is 13.8 Å². The van der Waals surface area contributed by atoms with Crippen LogP contribution >= 0.6 is 0 Å². The fraction of sp³-hybridized carbons (Fsp3) is 0.0328. The zero-order valence-electron chi connectivity index (χ0n) is 36.2. The molecule has 64 heavy (non-hydrogen) atoms. The molecule has 0 amide bonds. The van der Waals surface area contributed by atoms with Gasteiger partial charge in [0.15, 0.2) is 0 Å². The molecule has 0 aliphatic rings. The fourth-order valence-corrected chi connectivity index (χ4v) is 8.29. The summed E-state index contributed by atoms with van der Waals surface area (Å²) in [7, 11) is 0. The Kier molecular flexibility index (Phi) is 12.1. The van der Waals surface area contributed by atoms with Crippen molar-refractivity contribution in [3.05, 3.63) is 260 Å². The number of aromatic nitrogens is 1. The Morgan fingerprint density at radius 2 is 1.16 bits per heavy atom. The van der Waals surface area contributed by atoms with E-state index in [0.717, 1.165) is 49.8 Å². The Hall–Kier alpha value is -8.27. The summed E-state index contributed by atoms with van der Waals surface area (Å²) in [6.07, 6.45) is 13.8. The first-order chi connectivity index (χ1) is 31.4. The van der Waals surface area contributed by atoms with Gasteiger partial charge in [-0.3, -0.25) is 4.99 Å². The van der Waals surface area contributed by atoms with Gasteiger partial charge < -0.3 is 8.98 Å². The van der Waals surface area contributed by atoms with Gasteiger partial charge in [-0.1, -0.05) is 182 Å². The SMILES string of the molecule is C=N\C=C/C(=C\C=C\C=C\C(=C)c1ccc(-c2cccc(-c3ccc4c(c3)c3ccccc3n4-c3ccccc3C)c2)cc1)c1ccc2oc3ccccc3c2c1.Cc1ccccc1. The zero-order valence-corrected chi connectivity index (χ0v) is 36.2. The van der Waals surface area contributed by atoms with E-state index >= 15 is 0 Å². The summed E-state index contributed by atoms with van der Waals surface area (Å²) in [5, 5.41) is 4.70. The number of hydrogen-bond donors (Lipinski definition) is 0. The summed E-state index contributed by atoms with van der Waals surface area (Å²) in [6, 6.07) is 66.2. The molecule has 0 atom stereocenters. The molecular weight excluding hydrogens is 777 g/mol. The van der Waals surface area contributed by atoms with Crippen LogP contribution in [0.5, 0.6) is 0 Å². The Morgan fingerprint density at radius 3 is 1.94 bits per heavy atom. The molecule has 0 spiro atoms. The molecule has 10 aromatic rings. The van der Waals surface area contributed by atoms with Crippen molar-refractivity contribution < 1.29 is 4.42 Å². The number of aliphatic imine (C=N–C) groups is 1. The second-order valence-corrected chi connectivity index (χ2v) is 15.9. The molecular formula is C61H48N2O. The molecule has 3 nitrogen and oxygen atoms in total. The van der Waals surface area contributed by atoms with Crippen molar-refractivity contribution >= 4 is 61.6 Å². The van der Waals surface area contributed by atoms with E-state index in [0.29, 0.717) is 0 Å². The Balaban J connectivity index is 0.000000677. The largest absolute Gasteiger partial charge is 0.456 e. The maximum atomic E-state index is 6.03. The van der Waals surface area contributed by atoms with E-state index in [4.69, 9.17) is 4.42 Å². The number of benzene rings is 8. The predicted octanol–water partition coefficient (Wildman–Crippen LogP) is 16.7. The number of hydrogen-bond acceptors (Lipinski definition) is 2. The molecule has 10 rings (SSSR count). The van der Waals surface area contributed by atoms with Crippen LogP contribution in [0.25, 0.3) is 82.8 Å². The standard InChI is InChI=1S/C54H40N2O.C7H8/c1-37(14-5-4-6-16-40(32-33-55-3)44-29-31-54-49(36-44)47-20-9-12-23-53(47)57-54)39-24-26-41(27-25-39)42-17-13-18-43(34-42)45-28-30-52-48(35-45)46-19-8-11-22-51(46)56(52)50-21-10-7-15-38(50)2;1-7-5-3-2-4-6-7/h4-36H,1,3H2,2H3;2-6H,1H3/b6-4+,14-5+,33-32-,40-16+;. The average Bonchev–Trinajstić information content (AvgIpc) is 3.88. The van der Waals surface area contributed by atoms with Crippen molar-refractivity contribution in [1.82, 2.24) is 4.57 Å². The minimum atomic E-state index is 0.872. The van der Waals surface area contributed by atoms with Crippen molar-refractivity contribution in [2.24, 2.45) is 4.99 Å². The van der Waals surface area contributed by atoms with Gasteiger partial charge in [0.25, 0.3) is 0 Å². The molecule has 0 saturated carbocycles. The third kappa shape index (κ3) is 8.74. The molecule has 0 radical (unpaired) electrons. The third-order valence-corrected chi connectivity index (χ3v) is 11.6. The highest BCUT2D eigenvalue weighted by Crippen LogP contribution is 2.37. The predicted molar refractivity (Wildman–Crippen MR) is 275 cm³/mol. The van der Waals surface area contributed by atoms with Crippen LogP contribution in [0.2, 0.25) is 0 Å². The summed E-state index contributed by atoms with van der Waals surface area (Å²) >= 11 is 0. The van der Waals surface area contributed by atoms with Crippen molar-refractivity contribution in [3.8, 4) is 27.9 Å². The lowest BCUT2D eigenvalue weighted by molar-refractivity contribution is 0.669. The van der Waals surface area contributed by atoms with Gasteiger partial charge in [-0.15, -0.1) is 0 Å². The van der Waals surface area contributed by atoms with Gasteiger partial charge in [0.2, 0.25) is 0 Å². The smallest absolute Gasteiger partial charge is 0.135 e. The lowest BCUT2D eigenvalue weighted by atomic mass is 9.96. The molecule has 0 N–H and O–H groups in total. The van der Waals surface area contributed by atoms with Crippen LogP contribution < -0.4 is 0 Å². The van der Waals surface area contributed by atoms with E-state index in [2.05, 4.69) is 188 Å². The van der Waals surface area contributed by atoms with Gasteiger partial charge in [0.05, 0.1) is 11.0 Å². The van der Waals surface area contributed by atoms with Crippen molar-refractivity contribution in [2.75, 3.05) is 0 Å². The van der Waals surface area contributed by atoms with Gasteiger partial charge in [0.1, 0.15) is 11.2 Å². The van der Waals surface area contributed by atoms with Crippen LogP contribution in [0, 0.1) is 13.8 Å². The molecule has 8 aromatic carbocycles. The van der Waals surface area contributed by atoms with E-state index in [1.54, 1.807) is 6.20 Å². The number of fused-ring (bicyclic) bond motifs is 6. The van der Waals surface area contributed by atoms with E-state index in [1.165, 1.54) is 55.3 Å². The van der Waals surface area contributed by atoms with E-state index in [-0.39, 0.29) is 0 Å². The van der Waals surface area contributed by atoms with Gasteiger partial charge in [-0.25, -0.2) is 0 Å². The number of rotatable bonds is 10.